The van der Waals surface area contributed by atoms with Crippen molar-refractivity contribution < 1.29 is 19.1 Å². The second-order valence-electron chi connectivity index (χ2n) is 6.21. The van der Waals surface area contributed by atoms with Gasteiger partial charge >= 0.3 is 5.97 Å². The minimum Gasteiger partial charge on any atom is -0.459 e. The molecule has 0 bridgehead atoms. The first-order chi connectivity index (χ1) is 9.05. The van der Waals surface area contributed by atoms with Crippen LogP contribution in [0.4, 0.5) is 0 Å². The van der Waals surface area contributed by atoms with E-state index >= 15 is 0 Å². The number of rotatable bonds is 1. The Balaban J connectivity index is 1.87. The summed E-state index contributed by atoms with van der Waals surface area (Å²) < 4.78 is 11.2. The fraction of sp³-hybridized carbons (Fsp3) is 0.733. The number of epoxide rings is 1. The lowest BCUT2D eigenvalue weighted by Gasteiger charge is -2.20. The van der Waals surface area contributed by atoms with Gasteiger partial charge in [-0.1, -0.05) is 11.6 Å². The van der Waals surface area contributed by atoms with Gasteiger partial charge in [-0.05, 0) is 39.5 Å². The predicted octanol–water partition coefficient (Wildman–Crippen LogP) is 2.02. The highest BCUT2D eigenvalue weighted by Crippen LogP contribution is 2.49. The number of allylic oxidation sites excluding steroid dienone is 2. The number of carbonyl (C=O) groups excluding carboxylic acids is 2. The van der Waals surface area contributed by atoms with Crippen molar-refractivity contribution in [2.75, 3.05) is 0 Å². The normalized spacial score (nSPS) is 48.3. The molecule has 19 heavy (non-hydrogen) atoms. The summed E-state index contributed by atoms with van der Waals surface area (Å²) in [5.74, 6) is -1.01. The molecule has 4 heteroatoms. The summed E-state index contributed by atoms with van der Waals surface area (Å²) in [5.41, 5.74) is 1.14. The minimum atomic E-state index is -0.606. The van der Waals surface area contributed by atoms with Crippen LogP contribution in [-0.2, 0) is 19.1 Å². The van der Waals surface area contributed by atoms with E-state index in [9.17, 15) is 9.59 Å². The summed E-state index contributed by atoms with van der Waals surface area (Å²) in [6.07, 6.45) is 6.42. The second-order valence-corrected chi connectivity index (χ2v) is 6.21. The monoisotopic (exact) mass is 264 g/mol. The van der Waals surface area contributed by atoms with Crippen molar-refractivity contribution in [1.82, 2.24) is 0 Å². The third-order valence-electron chi connectivity index (χ3n) is 4.80. The van der Waals surface area contributed by atoms with Crippen LogP contribution in [0.2, 0.25) is 0 Å². The topological polar surface area (TPSA) is 55.9 Å². The molecule has 2 heterocycles. The summed E-state index contributed by atoms with van der Waals surface area (Å²) in [7, 11) is 0. The van der Waals surface area contributed by atoms with Gasteiger partial charge in [0.15, 0.2) is 0 Å². The molecule has 1 unspecified atom stereocenters. The van der Waals surface area contributed by atoms with Crippen LogP contribution in [-0.4, -0.2) is 30.1 Å². The first kappa shape index (κ1) is 12.9. The molecule has 1 aliphatic carbocycles. The average Bonchev–Trinajstić information content (AvgIpc) is 2.92. The van der Waals surface area contributed by atoms with E-state index in [1.165, 1.54) is 5.57 Å². The molecule has 0 N–H and O–H groups in total. The maximum absolute atomic E-state index is 11.8. The summed E-state index contributed by atoms with van der Waals surface area (Å²) in [4.78, 5) is 22.9. The number of esters is 1. The van der Waals surface area contributed by atoms with Crippen molar-refractivity contribution in [3.63, 3.8) is 0 Å². The second kappa shape index (κ2) is 4.44. The van der Waals surface area contributed by atoms with E-state index in [1.54, 1.807) is 0 Å². The third-order valence-corrected chi connectivity index (χ3v) is 4.80. The smallest absolute Gasteiger partial charge is 0.316 e. The number of hydrogen-bond acceptors (Lipinski definition) is 4. The lowest BCUT2D eigenvalue weighted by Crippen LogP contribution is -2.30. The molecular weight excluding hydrogens is 244 g/mol. The van der Waals surface area contributed by atoms with Crippen LogP contribution in [0.1, 0.15) is 39.5 Å². The Kier molecular flexibility index (Phi) is 3.01. The molecule has 0 amide bonds. The molecule has 3 rings (SSSR count). The molecular formula is C15H20O4. The van der Waals surface area contributed by atoms with Crippen LogP contribution >= 0.6 is 0 Å². The van der Waals surface area contributed by atoms with E-state index in [2.05, 4.69) is 19.9 Å². The Bertz CT molecular complexity index is 441. The molecule has 0 aromatic rings. The van der Waals surface area contributed by atoms with Crippen LogP contribution in [0.25, 0.3) is 0 Å². The van der Waals surface area contributed by atoms with Gasteiger partial charge in [0.1, 0.15) is 24.4 Å². The van der Waals surface area contributed by atoms with Crippen LogP contribution < -0.4 is 0 Å². The Morgan fingerprint density at radius 2 is 2.26 bits per heavy atom. The van der Waals surface area contributed by atoms with Gasteiger partial charge in [0.2, 0.25) is 0 Å². The van der Waals surface area contributed by atoms with Gasteiger partial charge < -0.3 is 14.3 Å². The number of fused-ring (bicyclic) bond motifs is 3. The molecule has 5 atom stereocenters. The zero-order chi connectivity index (χ0) is 13.6. The van der Waals surface area contributed by atoms with Crippen molar-refractivity contribution in [3.05, 3.63) is 11.6 Å². The summed E-state index contributed by atoms with van der Waals surface area (Å²) in [6.45, 7) is 4.18. The molecule has 4 nitrogen and oxygen atoms in total. The van der Waals surface area contributed by atoms with Gasteiger partial charge in [-0.2, -0.15) is 0 Å². The minimum absolute atomic E-state index is 0.0294. The van der Waals surface area contributed by atoms with Crippen molar-refractivity contribution in [2.45, 2.75) is 57.3 Å². The van der Waals surface area contributed by atoms with Crippen LogP contribution in [0.15, 0.2) is 11.6 Å². The number of aldehydes is 1. The SMILES string of the molecule is C/C1=C\CC[C@@]2(C)O[C@H]2[C@H]2OC(=O)C(C=O)[C@@H]2CC1. The molecule has 0 aromatic heterocycles. The fourth-order valence-corrected chi connectivity index (χ4v) is 3.44. The van der Waals surface area contributed by atoms with Crippen LogP contribution in [0.5, 0.6) is 0 Å². The molecule has 0 saturated carbocycles. The summed E-state index contributed by atoms with van der Waals surface area (Å²) in [5, 5.41) is 0. The van der Waals surface area contributed by atoms with Crippen molar-refractivity contribution >= 4 is 12.3 Å². The maximum atomic E-state index is 11.8. The molecule has 0 aromatic carbocycles. The first-order valence-corrected chi connectivity index (χ1v) is 7.04. The van der Waals surface area contributed by atoms with Gasteiger partial charge in [-0.15, -0.1) is 0 Å². The average molecular weight is 264 g/mol. The fourth-order valence-electron chi connectivity index (χ4n) is 3.44. The predicted molar refractivity (Wildman–Crippen MR) is 68.4 cm³/mol. The Hall–Kier alpha value is -1.16. The highest BCUT2D eigenvalue weighted by molar-refractivity contribution is 5.90. The highest BCUT2D eigenvalue weighted by atomic mass is 16.6. The van der Waals surface area contributed by atoms with Crippen molar-refractivity contribution in [2.24, 2.45) is 11.8 Å². The quantitative estimate of drug-likeness (QED) is 0.239. The van der Waals surface area contributed by atoms with Crippen LogP contribution in [0.3, 0.4) is 0 Å². The van der Waals surface area contributed by atoms with Gasteiger partial charge in [-0.3, -0.25) is 4.79 Å². The Labute approximate surface area is 113 Å². The van der Waals surface area contributed by atoms with E-state index in [4.69, 9.17) is 9.47 Å². The van der Waals surface area contributed by atoms with E-state index in [1.807, 2.05) is 0 Å². The third kappa shape index (κ3) is 2.12. The molecule has 3 aliphatic rings. The van der Waals surface area contributed by atoms with Crippen molar-refractivity contribution in [3.8, 4) is 0 Å². The van der Waals surface area contributed by atoms with Gasteiger partial charge in [0.05, 0.1) is 5.60 Å². The molecule has 0 radical (unpaired) electrons. The standard InChI is InChI=1S/C15H20O4/c1-9-4-3-7-15(2)13(19-15)12-10(6-5-9)11(8-16)14(17)18-12/h4,8,10-13H,3,5-7H2,1-2H3/b9-4+/t10-,11?,12-,13-,15+/m0/s1. The number of hydrogen-bond donors (Lipinski definition) is 0. The number of carbonyl (C=O) groups is 2. The molecule has 2 fully saturated rings. The number of ether oxygens (including phenoxy) is 2. The lowest BCUT2D eigenvalue weighted by molar-refractivity contribution is -0.145. The van der Waals surface area contributed by atoms with Gasteiger partial charge in [0, 0.05) is 5.92 Å². The Morgan fingerprint density at radius 1 is 1.47 bits per heavy atom. The summed E-state index contributed by atoms with van der Waals surface area (Å²) >= 11 is 0. The van der Waals surface area contributed by atoms with Crippen LogP contribution in [0, 0.1) is 11.8 Å². The highest BCUT2D eigenvalue weighted by Gasteiger charge is 2.62. The van der Waals surface area contributed by atoms with E-state index in [0.29, 0.717) is 0 Å². The van der Waals surface area contributed by atoms with Gasteiger partial charge in [-0.25, -0.2) is 0 Å². The summed E-state index contributed by atoms with van der Waals surface area (Å²) in [6, 6.07) is 0. The maximum Gasteiger partial charge on any atom is 0.316 e. The lowest BCUT2D eigenvalue weighted by atomic mass is 9.81. The first-order valence-electron chi connectivity index (χ1n) is 7.04. The van der Waals surface area contributed by atoms with Gasteiger partial charge in [0.25, 0.3) is 0 Å². The Morgan fingerprint density at radius 3 is 3.00 bits per heavy atom. The van der Waals surface area contributed by atoms with E-state index in [-0.39, 0.29) is 29.7 Å². The molecule has 2 saturated heterocycles. The molecule has 2 aliphatic heterocycles. The van der Waals surface area contributed by atoms with Crippen molar-refractivity contribution in [1.29, 1.82) is 0 Å². The molecule has 104 valence electrons. The zero-order valence-corrected chi connectivity index (χ0v) is 11.4. The van der Waals surface area contributed by atoms with E-state index < -0.39 is 5.92 Å². The molecule has 0 spiro atoms. The largest absolute Gasteiger partial charge is 0.459 e. The zero-order valence-electron chi connectivity index (χ0n) is 11.4. The van der Waals surface area contributed by atoms with E-state index in [0.717, 1.165) is 32.0 Å².